The number of aromatic amines is 1. The number of aromatic nitrogens is 1. The summed E-state index contributed by atoms with van der Waals surface area (Å²) in [6, 6.07) is 4.70. The first-order valence-electron chi connectivity index (χ1n) is 3.10. The molecule has 1 radical (unpaired) electrons. The molecular formula is C7H5N2O2. The van der Waals surface area contributed by atoms with E-state index in [0.29, 0.717) is 16.8 Å². The Bertz CT molecular complexity index is 441. The molecule has 0 spiro atoms. The average Bonchev–Trinajstić information content (AvgIpc) is 2.27. The van der Waals surface area contributed by atoms with Crippen LogP contribution in [0, 0.1) is 0 Å². The van der Waals surface area contributed by atoms with Crippen LogP contribution in [0.2, 0.25) is 0 Å². The van der Waals surface area contributed by atoms with Gasteiger partial charge in [-0.3, -0.25) is 4.98 Å². The third-order valence-electron chi connectivity index (χ3n) is 1.42. The second kappa shape index (κ2) is 1.88. The number of nitrogens with one attached hydrogen (secondary N) is 2. The molecule has 55 valence electrons. The van der Waals surface area contributed by atoms with E-state index in [0.717, 1.165) is 0 Å². The third-order valence-corrected chi connectivity index (χ3v) is 1.42. The molecule has 2 N–H and O–H groups in total. The Hall–Kier alpha value is -1.71. The van der Waals surface area contributed by atoms with Gasteiger partial charge in [-0.1, -0.05) is 0 Å². The summed E-state index contributed by atoms with van der Waals surface area (Å²) in [6.45, 7) is 0. The van der Waals surface area contributed by atoms with E-state index in [1.54, 1.807) is 18.2 Å². The number of hydrogen-bond acceptors (Lipinski definition) is 2. The van der Waals surface area contributed by atoms with E-state index < -0.39 is 5.76 Å². The summed E-state index contributed by atoms with van der Waals surface area (Å²) < 4.78 is 4.73. The molecule has 4 nitrogen and oxygen atoms in total. The van der Waals surface area contributed by atoms with Crippen molar-refractivity contribution in [3.63, 3.8) is 0 Å². The summed E-state index contributed by atoms with van der Waals surface area (Å²) in [5.74, 6) is -0.481. The van der Waals surface area contributed by atoms with Crippen LogP contribution in [0.5, 0.6) is 0 Å². The number of oxazole rings is 1. The first kappa shape index (κ1) is 6.03. The molecule has 0 saturated heterocycles. The lowest BCUT2D eigenvalue weighted by Gasteiger charge is -1.87. The molecule has 11 heavy (non-hydrogen) atoms. The predicted molar refractivity (Wildman–Crippen MR) is 39.6 cm³/mol. The van der Waals surface area contributed by atoms with E-state index >= 15 is 0 Å². The molecule has 1 aromatic heterocycles. The topological polar surface area (TPSA) is 69.8 Å². The summed E-state index contributed by atoms with van der Waals surface area (Å²) in [5, 5.41) is 0. The van der Waals surface area contributed by atoms with Crippen LogP contribution in [0.3, 0.4) is 0 Å². The zero-order chi connectivity index (χ0) is 7.84. The molecule has 0 atom stereocenters. The first-order valence-corrected chi connectivity index (χ1v) is 3.10. The summed E-state index contributed by atoms with van der Waals surface area (Å²) in [4.78, 5) is 13.1. The second-order valence-electron chi connectivity index (χ2n) is 2.23. The van der Waals surface area contributed by atoms with E-state index in [1.807, 2.05) is 0 Å². The second-order valence-corrected chi connectivity index (χ2v) is 2.23. The van der Waals surface area contributed by atoms with Gasteiger partial charge in [0.25, 0.3) is 0 Å². The average molecular weight is 149 g/mol. The highest BCUT2D eigenvalue weighted by molar-refractivity contribution is 5.75. The third kappa shape index (κ3) is 0.881. The number of rotatable bonds is 0. The van der Waals surface area contributed by atoms with Crippen LogP contribution in [-0.4, -0.2) is 4.98 Å². The minimum absolute atomic E-state index is 0.356. The van der Waals surface area contributed by atoms with E-state index in [9.17, 15) is 4.79 Å². The maximum Gasteiger partial charge on any atom is 0.417 e. The lowest BCUT2D eigenvalue weighted by Crippen LogP contribution is -1.92. The minimum Gasteiger partial charge on any atom is -0.408 e. The lowest BCUT2D eigenvalue weighted by atomic mass is 10.3. The van der Waals surface area contributed by atoms with Crippen molar-refractivity contribution in [3.05, 3.63) is 28.7 Å². The number of H-pyrrole nitrogens is 1. The molecule has 0 fully saturated rings. The predicted octanol–water partition coefficient (Wildman–Crippen LogP) is 1.04. The van der Waals surface area contributed by atoms with E-state index in [4.69, 9.17) is 10.2 Å². The van der Waals surface area contributed by atoms with Crippen molar-refractivity contribution in [1.29, 1.82) is 0 Å². The van der Waals surface area contributed by atoms with E-state index in [2.05, 4.69) is 4.98 Å². The van der Waals surface area contributed by atoms with Gasteiger partial charge in [0.15, 0.2) is 5.58 Å². The molecule has 0 aliphatic rings. The maximum atomic E-state index is 10.6. The van der Waals surface area contributed by atoms with Crippen LogP contribution >= 0.6 is 0 Å². The van der Waals surface area contributed by atoms with Gasteiger partial charge in [-0.15, -0.1) is 0 Å². The number of benzene rings is 1. The molecule has 4 heteroatoms. The molecule has 0 unspecified atom stereocenters. The fraction of sp³-hybridized carbons (Fsp3) is 0. The molecule has 0 aliphatic carbocycles. The van der Waals surface area contributed by atoms with Crippen molar-refractivity contribution in [3.8, 4) is 0 Å². The highest BCUT2D eigenvalue weighted by Gasteiger charge is 1.98. The Morgan fingerprint density at radius 2 is 2.27 bits per heavy atom. The van der Waals surface area contributed by atoms with Crippen LogP contribution in [0.15, 0.2) is 27.4 Å². The first-order chi connectivity index (χ1) is 5.25. The Morgan fingerprint density at radius 1 is 1.45 bits per heavy atom. The molecule has 2 rings (SSSR count). The highest BCUT2D eigenvalue weighted by Crippen LogP contribution is 2.13. The normalized spacial score (nSPS) is 10.5. The Labute approximate surface area is 61.6 Å². The van der Waals surface area contributed by atoms with Crippen LogP contribution in [0.25, 0.3) is 11.1 Å². The van der Waals surface area contributed by atoms with Gasteiger partial charge in [0.05, 0.1) is 11.2 Å². The van der Waals surface area contributed by atoms with Crippen molar-refractivity contribution in [2.24, 2.45) is 0 Å². The Kier molecular flexibility index (Phi) is 1.03. The summed E-state index contributed by atoms with van der Waals surface area (Å²) in [5.41, 5.74) is 8.64. The van der Waals surface area contributed by atoms with Gasteiger partial charge >= 0.3 is 5.76 Å². The highest BCUT2D eigenvalue weighted by atomic mass is 16.4. The standard InChI is InChI=1S/C7H5N2O2/c8-4-1-2-6-5(3-4)9-7(10)11-6/h1-3,8H,(H,9,10). The fourth-order valence-electron chi connectivity index (χ4n) is 0.952. The van der Waals surface area contributed by atoms with Gasteiger partial charge in [0.2, 0.25) is 0 Å². The molecule has 0 bridgehead atoms. The zero-order valence-corrected chi connectivity index (χ0v) is 5.55. The van der Waals surface area contributed by atoms with Crippen LogP contribution in [-0.2, 0) is 0 Å². The van der Waals surface area contributed by atoms with E-state index in [-0.39, 0.29) is 0 Å². The summed E-state index contributed by atoms with van der Waals surface area (Å²) >= 11 is 0. The lowest BCUT2D eigenvalue weighted by molar-refractivity contribution is 0.555. The smallest absolute Gasteiger partial charge is 0.408 e. The number of hydrogen-bond donors (Lipinski definition) is 1. The molecule has 1 heterocycles. The van der Waals surface area contributed by atoms with Gasteiger partial charge in [-0.25, -0.2) is 4.79 Å². The van der Waals surface area contributed by atoms with Crippen molar-refractivity contribution in [1.82, 2.24) is 10.7 Å². The van der Waals surface area contributed by atoms with Crippen LogP contribution < -0.4 is 11.5 Å². The van der Waals surface area contributed by atoms with Crippen LogP contribution in [0.1, 0.15) is 0 Å². The van der Waals surface area contributed by atoms with Gasteiger partial charge < -0.3 is 10.2 Å². The van der Waals surface area contributed by atoms with Gasteiger partial charge in [0, 0.05) is 0 Å². The molecule has 0 aliphatic heterocycles. The monoisotopic (exact) mass is 149 g/mol. The largest absolute Gasteiger partial charge is 0.417 e. The summed E-state index contributed by atoms with van der Waals surface area (Å²) in [6.07, 6.45) is 0. The van der Waals surface area contributed by atoms with Gasteiger partial charge in [0.1, 0.15) is 0 Å². The van der Waals surface area contributed by atoms with Crippen molar-refractivity contribution < 1.29 is 4.42 Å². The van der Waals surface area contributed by atoms with E-state index in [1.165, 1.54) is 0 Å². The molecule has 1 aromatic carbocycles. The van der Waals surface area contributed by atoms with Crippen molar-refractivity contribution >= 4 is 16.8 Å². The minimum atomic E-state index is -0.481. The van der Waals surface area contributed by atoms with Crippen molar-refractivity contribution in [2.75, 3.05) is 0 Å². The Balaban J connectivity index is 2.92. The molecule has 2 aromatic rings. The van der Waals surface area contributed by atoms with Gasteiger partial charge in [-0.05, 0) is 18.2 Å². The quantitative estimate of drug-likeness (QED) is 0.607. The van der Waals surface area contributed by atoms with Crippen LogP contribution in [0.4, 0.5) is 5.69 Å². The molecular weight excluding hydrogens is 144 g/mol. The zero-order valence-electron chi connectivity index (χ0n) is 5.55. The van der Waals surface area contributed by atoms with Gasteiger partial charge in [-0.2, -0.15) is 0 Å². The fourth-order valence-corrected chi connectivity index (χ4v) is 0.952. The maximum absolute atomic E-state index is 10.6. The molecule has 0 amide bonds. The molecule has 0 saturated carbocycles. The Morgan fingerprint density at radius 3 is 3.09 bits per heavy atom. The number of fused-ring (bicyclic) bond motifs is 1. The SMILES string of the molecule is [NH]c1ccc2oc(=O)[nH]c2c1. The van der Waals surface area contributed by atoms with Crippen molar-refractivity contribution in [2.45, 2.75) is 0 Å². The summed E-state index contributed by atoms with van der Waals surface area (Å²) in [7, 11) is 0.